The highest BCUT2D eigenvalue weighted by molar-refractivity contribution is 6.74. The Morgan fingerprint density at radius 2 is 1.67 bits per heavy atom. The van der Waals surface area contributed by atoms with Crippen LogP contribution in [0.2, 0.25) is 18.1 Å². The van der Waals surface area contributed by atoms with Gasteiger partial charge in [-0.1, -0.05) is 71.2 Å². The van der Waals surface area contributed by atoms with Crippen LogP contribution in [0.1, 0.15) is 69.3 Å². The number of amides is 2. The van der Waals surface area contributed by atoms with Crippen LogP contribution in [-0.4, -0.2) is 49.9 Å². The van der Waals surface area contributed by atoms with Gasteiger partial charge in [0.15, 0.2) is 8.32 Å². The van der Waals surface area contributed by atoms with E-state index >= 15 is 0 Å². The number of benzene rings is 2. The van der Waals surface area contributed by atoms with Crippen molar-refractivity contribution < 1.29 is 23.7 Å². The molecule has 0 spiro atoms. The third-order valence-corrected chi connectivity index (χ3v) is 11.6. The number of para-hydroxylation sites is 2. The van der Waals surface area contributed by atoms with Gasteiger partial charge in [-0.3, -0.25) is 14.9 Å². The molecule has 0 fully saturated rings. The van der Waals surface area contributed by atoms with Crippen LogP contribution in [0.5, 0.6) is 0 Å². The highest BCUT2D eigenvalue weighted by Gasteiger charge is 2.37. The van der Waals surface area contributed by atoms with Crippen molar-refractivity contribution in [3.63, 3.8) is 0 Å². The molecule has 39 heavy (non-hydrogen) atoms. The van der Waals surface area contributed by atoms with Crippen molar-refractivity contribution in [2.75, 3.05) is 25.1 Å². The number of hydrogen-bond acceptors (Lipinski definition) is 6. The lowest BCUT2D eigenvalue weighted by Crippen LogP contribution is -2.43. The van der Waals surface area contributed by atoms with E-state index in [-0.39, 0.29) is 22.5 Å². The number of nitro groups is 1. The smallest absolute Gasteiger partial charge is 0.410 e. The quantitative estimate of drug-likeness (QED) is 0.112. The summed E-state index contributed by atoms with van der Waals surface area (Å²) >= 11 is 0. The number of anilines is 1. The van der Waals surface area contributed by atoms with E-state index in [4.69, 9.17) is 9.16 Å². The van der Waals surface area contributed by atoms with Gasteiger partial charge in [-0.2, -0.15) is 0 Å². The minimum atomic E-state index is -1.97. The van der Waals surface area contributed by atoms with Crippen molar-refractivity contribution >= 4 is 31.7 Å². The van der Waals surface area contributed by atoms with Crippen molar-refractivity contribution in [1.82, 2.24) is 4.90 Å². The molecule has 2 aromatic rings. The van der Waals surface area contributed by atoms with Gasteiger partial charge in [0.2, 0.25) is 0 Å². The molecule has 10 heteroatoms. The van der Waals surface area contributed by atoms with Crippen molar-refractivity contribution in [2.24, 2.45) is 0 Å². The Morgan fingerprint density at radius 3 is 2.28 bits per heavy atom. The lowest BCUT2D eigenvalue weighted by Gasteiger charge is -2.36. The molecule has 0 saturated heterocycles. The molecule has 0 unspecified atom stereocenters. The molecule has 0 radical (unpaired) electrons. The Morgan fingerprint density at radius 1 is 1.00 bits per heavy atom. The van der Waals surface area contributed by atoms with Crippen LogP contribution in [0.3, 0.4) is 0 Å². The fraction of sp³-hybridized carbons (Fsp3) is 0.517. The van der Waals surface area contributed by atoms with Gasteiger partial charge in [0.1, 0.15) is 5.69 Å². The number of carbonyl (C=O) groups is 2. The predicted molar refractivity (Wildman–Crippen MR) is 157 cm³/mol. The minimum Gasteiger partial charge on any atom is -0.449 e. The number of hydrogen-bond donors (Lipinski definition) is 1. The number of ether oxygens (including phenoxy) is 1. The van der Waals surface area contributed by atoms with Crippen molar-refractivity contribution in [3.05, 3.63) is 69.8 Å². The Labute approximate surface area is 233 Å². The molecule has 0 aromatic heterocycles. The Kier molecular flexibility index (Phi) is 12.1. The average Bonchev–Trinajstić information content (AvgIpc) is 2.87. The van der Waals surface area contributed by atoms with E-state index < -0.39 is 19.1 Å². The van der Waals surface area contributed by atoms with Gasteiger partial charge in [0.05, 0.1) is 18.1 Å². The van der Waals surface area contributed by atoms with Crippen LogP contribution in [-0.2, 0) is 15.7 Å². The topological polar surface area (TPSA) is 111 Å². The lowest BCUT2D eigenvalue weighted by atomic mass is 10.1. The second-order valence-electron chi connectivity index (χ2n) is 11.1. The zero-order chi connectivity index (χ0) is 29.1. The molecule has 1 N–H and O–H groups in total. The molecule has 0 bridgehead atoms. The summed E-state index contributed by atoms with van der Waals surface area (Å²) in [5.41, 5.74) is 1.13. The molecule has 0 aliphatic heterocycles. The number of nitrogens with zero attached hydrogens (tertiary/aromatic N) is 2. The van der Waals surface area contributed by atoms with Crippen LogP contribution in [0.25, 0.3) is 0 Å². The van der Waals surface area contributed by atoms with Crippen LogP contribution in [0.4, 0.5) is 16.2 Å². The predicted octanol–water partition coefficient (Wildman–Crippen LogP) is 7.39. The van der Waals surface area contributed by atoms with Gasteiger partial charge in [0.25, 0.3) is 11.6 Å². The molecule has 2 aromatic carbocycles. The van der Waals surface area contributed by atoms with Gasteiger partial charge in [0, 0.05) is 24.7 Å². The van der Waals surface area contributed by atoms with Crippen LogP contribution < -0.4 is 5.32 Å². The van der Waals surface area contributed by atoms with Crippen molar-refractivity contribution in [3.8, 4) is 0 Å². The molecule has 9 nitrogen and oxygen atoms in total. The standard InChI is InChI=1S/C29H43N3O6Si/c1-7-8-9-12-20-37-28(34)31(19-21-38-39(5,6)29(2,3)4)22-23-15-17-24(18-16-23)27(33)30-25-13-10-11-14-26(25)32(35)36/h10-11,13-18H,7-9,12,19-22H2,1-6H3,(H,30,33). The largest absolute Gasteiger partial charge is 0.449 e. The van der Waals surface area contributed by atoms with Gasteiger partial charge in [-0.25, -0.2) is 4.79 Å². The highest BCUT2D eigenvalue weighted by atomic mass is 28.4. The monoisotopic (exact) mass is 557 g/mol. The fourth-order valence-corrected chi connectivity index (χ4v) is 4.59. The second kappa shape index (κ2) is 14.8. The van der Waals surface area contributed by atoms with E-state index in [0.29, 0.717) is 31.9 Å². The van der Waals surface area contributed by atoms with Crippen LogP contribution >= 0.6 is 0 Å². The van der Waals surface area contributed by atoms with Gasteiger partial charge < -0.3 is 19.4 Å². The van der Waals surface area contributed by atoms with Gasteiger partial charge >= 0.3 is 6.09 Å². The maximum Gasteiger partial charge on any atom is 0.410 e. The molecule has 214 valence electrons. The summed E-state index contributed by atoms with van der Waals surface area (Å²) in [6.45, 7) is 14.5. The number of nitrogens with one attached hydrogen (secondary N) is 1. The fourth-order valence-electron chi connectivity index (χ4n) is 3.56. The summed E-state index contributed by atoms with van der Waals surface area (Å²) in [6, 6.07) is 12.8. The zero-order valence-electron chi connectivity index (χ0n) is 24.1. The summed E-state index contributed by atoms with van der Waals surface area (Å²) in [4.78, 5) is 38.0. The summed E-state index contributed by atoms with van der Waals surface area (Å²) < 4.78 is 11.8. The molecule has 0 heterocycles. The Bertz CT molecular complexity index is 1100. The van der Waals surface area contributed by atoms with Gasteiger partial charge in [-0.15, -0.1) is 0 Å². The van der Waals surface area contributed by atoms with Crippen molar-refractivity contribution in [1.29, 1.82) is 0 Å². The number of rotatable bonds is 14. The SMILES string of the molecule is CCCCCCOC(=O)N(CCO[Si](C)(C)C(C)(C)C)Cc1ccc(C(=O)Nc2ccccc2[N+](=O)[O-])cc1. The summed E-state index contributed by atoms with van der Waals surface area (Å²) in [5.74, 6) is -0.457. The molecule has 0 atom stereocenters. The van der Waals surface area contributed by atoms with E-state index in [2.05, 4.69) is 46.1 Å². The number of unbranched alkanes of at least 4 members (excludes halogenated alkanes) is 3. The first-order chi connectivity index (χ1) is 18.4. The maximum atomic E-state index is 12.9. The van der Waals surface area contributed by atoms with E-state index in [1.807, 2.05) is 0 Å². The first-order valence-corrected chi connectivity index (χ1v) is 16.5. The molecular formula is C29H43N3O6Si. The zero-order valence-corrected chi connectivity index (χ0v) is 25.1. The Balaban J connectivity index is 2.07. The van der Waals surface area contributed by atoms with E-state index in [1.54, 1.807) is 41.3 Å². The van der Waals surface area contributed by atoms with Crippen molar-refractivity contribution in [2.45, 2.75) is 78.1 Å². The Hall–Kier alpha value is -3.24. The highest BCUT2D eigenvalue weighted by Crippen LogP contribution is 2.36. The van der Waals surface area contributed by atoms with E-state index in [9.17, 15) is 19.7 Å². The summed E-state index contributed by atoms with van der Waals surface area (Å²) in [5, 5.41) is 13.9. The first kappa shape index (κ1) is 32.0. The number of nitro benzene ring substituents is 1. The minimum absolute atomic E-state index is 0.0637. The third-order valence-electron chi connectivity index (χ3n) is 7.05. The van der Waals surface area contributed by atoms with Crippen LogP contribution in [0.15, 0.2) is 48.5 Å². The second-order valence-corrected chi connectivity index (χ2v) is 15.9. The number of carbonyl (C=O) groups excluding carboxylic acids is 2. The molecule has 2 rings (SSSR count). The summed E-state index contributed by atoms with van der Waals surface area (Å²) in [7, 11) is -1.97. The molecule has 0 saturated carbocycles. The third kappa shape index (κ3) is 10.1. The lowest BCUT2D eigenvalue weighted by molar-refractivity contribution is -0.383. The molecule has 0 aliphatic rings. The molecule has 0 aliphatic carbocycles. The van der Waals surface area contributed by atoms with E-state index in [1.165, 1.54) is 12.1 Å². The average molecular weight is 558 g/mol. The first-order valence-electron chi connectivity index (χ1n) is 13.5. The van der Waals surface area contributed by atoms with Crippen LogP contribution in [0, 0.1) is 10.1 Å². The normalized spacial score (nSPS) is 11.6. The molecule has 2 amide bonds. The van der Waals surface area contributed by atoms with Gasteiger partial charge in [-0.05, 0) is 48.3 Å². The van der Waals surface area contributed by atoms with E-state index in [0.717, 1.165) is 31.2 Å². The summed E-state index contributed by atoms with van der Waals surface area (Å²) in [6.07, 6.45) is 3.69. The molecular weight excluding hydrogens is 514 g/mol. The maximum absolute atomic E-state index is 12.9.